The zero-order chi connectivity index (χ0) is 15.4. The van der Waals surface area contributed by atoms with Crippen LogP contribution in [0.2, 0.25) is 0 Å². The van der Waals surface area contributed by atoms with E-state index in [2.05, 4.69) is 22.4 Å². The Labute approximate surface area is 134 Å². The summed E-state index contributed by atoms with van der Waals surface area (Å²) in [6, 6.07) is 15.9. The number of aromatic amines is 1. The van der Waals surface area contributed by atoms with E-state index in [9.17, 15) is 4.79 Å². The van der Waals surface area contributed by atoms with Crippen molar-refractivity contribution in [2.45, 2.75) is 11.8 Å². The summed E-state index contributed by atoms with van der Waals surface area (Å²) in [5.41, 5.74) is 2.90. The maximum absolute atomic E-state index is 12.1. The fourth-order valence-corrected chi connectivity index (χ4v) is 3.31. The average Bonchev–Trinajstić information content (AvgIpc) is 2.95. The summed E-state index contributed by atoms with van der Waals surface area (Å²) in [6.45, 7) is 2.60. The van der Waals surface area contributed by atoms with Gasteiger partial charge in [-0.25, -0.2) is 0 Å². The highest BCUT2D eigenvalue weighted by atomic mass is 32.2. The first-order valence-electron chi connectivity index (χ1n) is 7.28. The Morgan fingerprint density at radius 1 is 1.14 bits per heavy atom. The molecule has 0 aliphatic rings. The van der Waals surface area contributed by atoms with Crippen molar-refractivity contribution in [3.05, 3.63) is 65.9 Å². The van der Waals surface area contributed by atoms with E-state index >= 15 is 0 Å². The van der Waals surface area contributed by atoms with E-state index in [1.807, 2.05) is 49.5 Å². The molecule has 112 valence electrons. The molecule has 3 nitrogen and oxygen atoms in total. The Hall–Kier alpha value is -2.20. The zero-order valence-electron chi connectivity index (χ0n) is 12.4. The lowest BCUT2D eigenvalue weighted by atomic mass is 10.1. The van der Waals surface area contributed by atoms with Crippen LogP contribution in [-0.4, -0.2) is 23.2 Å². The maximum Gasteiger partial charge on any atom is 0.251 e. The third-order valence-electron chi connectivity index (χ3n) is 3.59. The molecule has 4 heteroatoms. The van der Waals surface area contributed by atoms with Crippen molar-refractivity contribution >= 4 is 28.6 Å². The van der Waals surface area contributed by atoms with Gasteiger partial charge in [-0.15, -0.1) is 11.8 Å². The number of hydrogen-bond donors (Lipinski definition) is 2. The number of aryl methyl sites for hydroxylation is 1. The Morgan fingerprint density at radius 3 is 2.77 bits per heavy atom. The van der Waals surface area contributed by atoms with Crippen LogP contribution in [0.25, 0.3) is 10.9 Å². The normalized spacial score (nSPS) is 10.8. The highest BCUT2D eigenvalue weighted by Crippen LogP contribution is 2.27. The number of thioether (sulfide) groups is 1. The van der Waals surface area contributed by atoms with Gasteiger partial charge in [0.25, 0.3) is 5.91 Å². The molecule has 0 unspecified atom stereocenters. The van der Waals surface area contributed by atoms with Gasteiger partial charge < -0.3 is 10.3 Å². The van der Waals surface area contributed by atoms with Gasteiger partial charge in [-0.1, -0.05) is 36.4 Å². The lowest BCUT2D eigenvalue weighted by molar-refractivity contribution is 0.0955. The molecule has 0 aliphatic carbocycles. The summed E-state index contributed by atoms with van der Waals surface area (Å²) in [5, 5.41) is 4.21. The molecule has 0 aliphatic heterocycles. The van der Waals surface area contributed by atoms with E-state index in [4.69, 9.17) is 0 Å². The molecular weight excluding hydrogens is 292 g/mol. The van der Waals surface area contributed by atoms with Crippen LogP contribution in [0.1, 0.15) is 15.9 Å². The predicted molar refractivity (Wildman–Crippen MR) is 92.5 cm³/mol. The standard InChI is InChI=1S/C18H18N2OS/c1-13-6-2-3-7-14(13)18(21)19-10-11-22-17-12-20-16-9-5-4-8-15(16)17/h2-9,12,20H,10-11H2,1H3,(H,19,21). The average molecular weight is 310 g/mol. The van der Waals surface area contributed by atoms with Crippen LogP contribution in [0.3, 0.4) is 0 Å². The van der Waals surface area contributed by atoms with Gasteiger partial charge in [-0.3, -0.25) is 4.79 Å². The largest absolute Gasteiger partial charge is 0.360 e. The van der Waals surface area contributed by atoms with Gasteiger partial charge in [0.05, 0.1) is 0 Å². The number of para-hydroxylation sites is 1. The second-order valence-electron chi connectivity index (χ2n) is 5.12. The number of carbonyl (C=O) groups excluding carboxylic acids is 1. The van der Waals surface area contributed by atoms with Crippen LogP contribution in [0.15, 0.2) is 59.6 Å². The monoisotopic (exact) mass is 310 g/mol. The zero-order valence-corrected chi connectivity index (χ0v) is 13.2. The first-order valence-corrected chi connectivity index (χ1v) is 8.27. The lowest BCUT2D eigenvalue weighted by Crippen LogP contribution is -2.26. The minimum Gasteiger partial charge on any atom is -0.360 e. The molecule has 0 radical (unpaired) electrons. The molecule has 1 heterocycles. The molecule has 1 aromatic heterocycles. The number of H-pyrrole nitrogens is 1. The molecule has 3 aromatic rings. The molecule has 22 heavy (non-hydrogen) atoms. The number of fused-ring (bicyclic) bond motifs is 1. The molecule has 1 amide bonds. The molecule has 2 N–H and O–H groups in total. The summed E-state index contributed by atoms with van der Waals surface area (Å²) in [5.74, 6) is 0.844. The number of nitrogens with one attached hydrogen (secondary N) is 2. The molecule has 0 fully saturated rings. The Kier molecular flexibility index (Phi) is 4.49. The van der Waals surface area contributed by atoms with Crippen LogP contribution < -0.4 is 5.32 Å². The Bertz CT molecular complexity index is 794. The van der Waals surface area contributed by atoms with Crippen molar-refractivity contribution in [2.75, 3.05) is 12.3 Å². The van der Waals surface area contributed by atoms with Crippen molar-refractivity contribution < 1.29 is 4.79 Å². The highest BCUT2D eigenvalue weighted by molar-refractivity contribution is 7.99. The van der Waals surface area contributed by atoms with Crippen molar-refractivity contribution in [3.63, 3.8) is 0 Å². The van der Waals surface area contributed by atoms with E-state index in [0.29, 0.717) is 6.54 Å². The summed E-state index contributed by atoms with van der Waals surface area (Å²) in [7, 11) is 0. The summed E-state index contributed by atoms with van der Waals surface area (Å²) in [4.78, 5) is 16.6. The quantitative estimate of drug-likeness (QED) is 0.552. The highest BCUT2D eigenvalue weighted by Gasteiger charge is 2.08. The molecule has 0 bridgehead atoms. The van der Waals surface area contributed by atoms with Crippen molar-refractivity contribution in [2.24, 2.45) is 0 Å². The first-order chi connectivity index (χ1) is 10.8. The smallest absolute Gasteiger partial charge is 0.251 e. The fraction of sp³-hybridized carbons (Fsp3) is 0.167. The second kappa shape index (κ2) is 6.71. The van der Waals surface area contributed by atoms with Gasteiger partial charge in [0.1, 0.15) is 0 Å². The predicted octanol–water partition coefficient (Wildman–Crippen LogP) is 4.00. The summed E-state index contributed by atoms with van der Waals surface area (Å²) >= 11 is 1.75. The number of benzene rings is 2. The Balaban J connectivity index is 1.54. The molecule has 0 spiro atoms. The minimum atomic E-state index is -0.00220. The number of amides is 1. The van der Waals surface area contributed by atoms with E-state index in [1.54, 1.807) is 11.8 Å². The van der Waals surface area contributed by atoms with Crippen molar-refractivity contribution in [1.82, 2.24) is 10.3 Å². The molecule has 0 saturated heterocycles. The van der Waals surface area contributed by atoms with E-state index in [-0.39, 0.29) is 5.91 Å². The summed E-state index contributed by atoms with van der Waals surface area (Å²) in [6.07, 6.45) is 2.03. The fourth-order valence-electron chi connectivity index (χ4n) is 2.41. The number of carbonyl (C=O) groups is 1. The van der Waals surface area contributed by atoms with Crippen molar-refractivity contribution in [1.29, 1.82) is 0 Å². The first kappa shape index (κ1) is 14.7. The molecule has 0 atom stereocenters. The SMILES string of the molecule is Cc1ccccc1C(=O)NCCSc1c[nH]c2ccccc12. The van der Waals surface area contributed by atoms with Gasteiger partial charge in [0, 0.05) is 39.9 Å². The van der Waals surface area contributed by atoms with E-state index in [1.165, 1.54) is 10.3 Å². The van der Waals surface area contributed by atoms with Crippen LogP contribution >= 0.6 is 11.8 Å². The molecule has 2 aromatic carbocycles. The Morgan fingerprint density at radius 2 is 1.91 bits per heavy atom. The van der Waals surface area contributed by atoms with Gasteiger partial charge in [0.2, 0.25) is 0 Å². The maximum atomic E-state index is 12.1. The van der Waals surface area contributed by atoms with Crippen LogP contribution in [0.5, 0.6) is 0 Å². The van der Waals surface area contributed by atoms with Gasteiger partial charge in [-0.2, -0.15) is 0 Å². The van der Waals surface area contributed by atoms with E-state index < -0.39 is 0 Å². The van der Waals surface area contributed by atoms with Crippen LogP contribution in [0, 0.1) is 6.92 Å². The molecule has 0 saturated carbocycles. The topological polar surface area (TPSA) is 44.9 Å². The van der Waals surface area contributed by atoms with Crippen LogP contribution in [0.4, 0.5) is 0 Å². The number of rotatable bonds is 5. The van der Waals surface area contributed by atoms with Crippen LogP contribution in [-0.2, 0) is 0 Å². The second-order valence-corrected chi connectivity index (χ2v) is 6.25. The van der Waals surface area contributed by atoms with E-state index in [0.717, 1.165) is 22.4 Å². The van der Waals surface area contributed by atoms with Gasteiger partial charge in [0.15, 0.2) is 0 Å². The lowest BCUT2D eigenvalue weighted by Gasteiger charge is -2.07. The third-order valence-corrected chi connectivity index (χ3v) is 4.64. The van der Waals surface area contributed by atoms with Crippen molar-refractivity contribution in [3.8, 4) is 0 Å². The molecule has 3 rings (SSSR count). The molecular formula is C18H18N2OS. The number of aromatic nitrogens is 1. The minimum absolute atomic E-state index is 0.00220. The van der Waals surface area contributed by atoms with Gasteiger partial charge >= 0.3 is 0 Å². The van der Waals surface area contributed by atoms with Gasteiger partial charge in [-0.05, 0) is 24.6 Å². The summed E-state index contributed by atoms with van der Waals surface area (Å²) < 4.78 is 0. The third kappa shape index (κ3) is 3.17. The number of hydrogen-bond acceptors (Lipinski definition) is 2.